The molecule has 2 bridgehead atoms. The highest BCUT2D eigenvalue weighted by Crippen LogP contribution is 2.40. The number of rotatable bonds is 4. The minimum atomic E-state index is -4.63. The number of urea groups is 1. The van der Waals surface area contributed by atoms with Gasteiger partial charge in [-0.25, -0.2) is 4.79 Å². The number of carbonyl (C=O) groups excluding carboxylic acids is 1. The first-order chi connectivity index (χ1) is 11.3. The first-order valence-electron chi connectivity index (χ1n) is 8.23. The lowest BCUT2D eigenvalue weighted by molar-refractivity contribution is -0.187. The van der Waals surface area contributed by atoms with Crippen LogP contribution in [0, 0.1) is 17.8 Å². The summed E-state index contributed by atoms with van der Waals surface area (Å²) < 4.78 is 44.5. The molecule has 9 heteroatoms. The Morgan fingerprint density at radius 2 is 2.00 bits per heavy atom. The zero-order valence-electron chi connectivity index (χ0n) is 13.1. The first-order valence-corrected chi connectivity index (χ1v) is 8.23. The highest BCUT2D eigenvalue weighted by molar-refractivity contribution is 5.77. The minimum absolute atomic E-state index is 0.240. The summed E-state index contributed by atoms with van der Waals surface area (Å²) in [6.07, 6.45) is -0.256. The third kappa shape index (κ3) is 3.45. The minimum Gasteiger partial charge on any atom is -0.481 e. The van der Waals surface area contributed by atoms with Crippen molar-refractivity contribution in [2.24, 2.45) is 17.8 Å². The summed E-state index contributed by atoms with van der Waals surface area (Å²) in [4.78, 5) is 24.0. The average Bonchev–Trinajstić information content (AvgIpc) is 3.20. The number of fused-ring (bicyclic) bond motifs is 2. The molecule has 0 aliphatic carbocycles. The van der Waals surface area contributed by atoms with Crippen LogP contribution in [0.3, 0.4) is 0 Å². The lowest BCUT2D eigenvalue weighted by Gasteiger charge is -2.21. The lowest BCUT2D eigenvalue weighted by Crippen LogP contribution is -2.40. The van der Waals surface area contributed by atoms with Crippen LogP contribution in [0.25, 0.3) is 0 Å². The maximum Gasteiger partial charge on any atom is 0.394 e. The van der Waals surface area contributed by atoms with Crippen molar-refractivity contribution in [2.75, 3.05) is 19.6 Å². The van der Waals surface area contributed by atoms with Crippen molar-refractivity contribution in [1.29, 1.82) is 0 Å². The van der Waals surface area contributed by atoms with Gasteiger partial charge in [0.1, 0.15) is 0 Å². The Kier molecular flexibility index (Phi) is 4.63. The molecule has 0 aromatic heterocycles. The SMILES string of the molecule is O=C(O)[C@@H]1CN(C(=O)NCCC2CC3CCC2O3)C[C@H]1C(F)(F)F. The molecule has 3 fully saturated rings. The summed E-state index contributed by atoms with van der Waals surface area (Å²) in [5, 5.41) is 11.6. The Labute approximate surface area is 137 Å². The van der Waals surface area contributed by atoms with Crippen LogP contribution in [0.2, 0.25) is 0 Å². The van der Waals surface area contributed by atoms with Crippen LogP contribution in [-0.2, 0) is 9.53 Å². The molecule has 3 aliphatic heterocycles. The molecular weight excluding hydrogens is 329 g/mol. The monoisotopic (exact) mass is 350 g/mol. The zero-order valence-corrected chi connectivity index (χ0v) is 13.1. The molecule has 2 amide bonds. The fourth-order valence-corrected chi connectivity index (χ4v) is 4.07. The molecule has 2 N–H and O–H groups in total. The standard InChI is InChI=1S/C15H21F3N2O4/c16-15(17,18)11-7-20(6-10(11)13(21)22)14(23)19-4-3-8-5-9-1-2-12(8)24-9/h8-12H,1-7H2,(H,19,23)(H,21,22)/t8?,9?,10-,11-,12?/m1/s1. The van der Waals surface area contributed by atoms with E-state index in [0.717, 1.165) is 30.6 Å². The van der Waals surface area contributed by atoms with Crippen LogP contribution < -0.4 is 5.32 Å². The molecular formula is C15H21F3N2O4. The Bertz CT molecular complexity index is 513. The van der Waals surface area contributed by atoms with Crippen molar-refractivity contribution in [3.05, 3.63) is 0 Å². The number of alkyl halides is 3. The van der Waals surface area contributed by atoms with Gasteiger partial charge in [-0.1, -0.05) is 0 Å². The number of carboxylic acids is 1. The Balaban J connectivity index is 1.47. The van der Waals surface area contributed by atoms with E-state index < -0.39 is 43.1 Å². The fourth-order valence-electron chi connectivity index (χ4n) is 4.07. The summed E-state index contributed by atoms with van der Waals surface area (Å²) >= 11 is 0. The molecule has 6 nitrogen and oxygen atoms in total. The smallest absolute Gasteiger partial charge is 0.394 e. The lowest BCUT2D eigenvalue weighted by atomic mass is 9.87. The maximum absolute atomic E-state index is 12.9. The second-order valence-corrected chi connectivity index (χ2v) is 6.89. The predicted molar refractivity (Wildman–Crippen MR) is 76.3 cm³/mol. The zero-order chi connectivity index (χ0) is 17.5. The van der Waals surface area contributed by atoms with Gasteiger partial charge in [0.25, 0.3) is 0 Å². The molecule has 24 heavy (non-hydrogen) atoms. The summed E-state index contributed by atoms with van der Waals surface area (Å²) in [6, 6.07) is -0.628. The van der Waals surface area contributed by atoms with Crippen molar-refractivity contribution in [3.63, 3.8) is 0 Å². The van der Waals surface area contributed by atoms with E-state index in [4.69, 9.17) is 9.84 Å². The van der Waals surface area contributed by atoms with Gasteiger partial charge in [-0.3, -0.25) is 4.79 Å². The number of aliphatic carboxylic acids is 1. The van der Waals surface area contributed by atoms with Crippen LogP contribution >= 0.6 is 0 Å². The molecule has 0 aromatic rings. The number of amides is 2. The van der Waals surface area contributed by atoms with Crippen molar-refractivity contribution in [3.8, 4) is 0 Å². The number of carbonyl (C=O) groups is 2. The normalized spacial score (nSPS) is 35.5. The van der Waals surface area contributed by atoms with Crippen LogP contribution in [0.4, 0.5) is 18.0 Å². The van der Waals surface area contributed by atoms with Gasteiger partial charge < -0.3 is 20.1 Å². The Morgan fingerprint density at radius 1 is 1.25 bits per heavy atom. The third-order valence-corrected chi connectivity index (χ3v) is 5.37. The largest absolute Gasteiger partial charge is 0.481 e. The van der Waals surface area contributed by atoms with Gasteiger partial charge in [-0.05, 0) is 31.6 Å². The van der Waals surface area contributed by atoms with E-state index in [9.17, 15) is 22.8 Å². The number of carboxylic acid groups (broad SMARTS) is 1. The van der Waals surface area contributed by atoms with Crippen LogP contribution in [0.15, 0.2) is 0 Å². The van der Waals surface area contributed by atoms with E-state index in [1.54, 1.807) is 0 Å². The van der Waals surface area contributed by atoms with Gasteiger partial charge in [0.05, 0.1) is 24.0 Å². The quantitative estimate of drug-likeness (QED) is 0.811. The van der Waals surface area contributed by atoms with Gasteiger partial charge >= 0.3 is 18.2 Å². The molecule has 136 valence electrons. The van der Waals surface area contributed by atoms with E-state index >= 15 is 0 Å². The van der Waals surface area contributed by atoms with Gasteiger partial charge in [-0.2, -0.15) is 13.2 Å². The number of hydrogen-bond donors (Lipinski definition) is 2. The van der Waals surface area contributed by atoms with Crippen LogP contribution in [0.5, 0.6) is 0 Å². The third-order valence-electron chi connectivity index (χ3n) is 5.37. The number of halogens is 3. The molecule has 0 saturated carbocycles. The van der Waals surface area contributed by atoms with Gasteiger partial charge in [-0.15, -0.1) is 0 Å². The van der Waals surface area contributed by atoms with Gasteiger partial charge in [0, 0.05) is 19.6 Å². The van der Waals surface area contributed by atoms with Crippen LogP contribution in [-0.4, -0.2) is 60.0 Å². The molecule has 0 radical (unpaired) electrons. The summed E-state index contributed by atoms with van der Waals surface area (Å²) in [7, 11) is 0. The molecule has 3 unspecified atom stereocenters. The number of ether oxygens (including phenoxy) is 1. The highest BCUT2D eigenvalue weighted by Gasteiger charge is 2.53. The van der Waals surface area contributed by atoms with Crippen molar-refractivity contribution in [1.82, 2.24) is 10.2 Å². The van der Waals surface area contributed by atoms with Crippen molar-refractivity contribution >= 4 is 12.0 Å². The highest BCUT2D eigenvalue weighted by atomic mass is 19.4. The second-order valence-electron chi connectivity index (χ2n) is 6.89. The van der Waals surface area contributed by atoms with E-state index in [1.807, 2.05) is 0 Å². The summed E-state index contributed by atoms with van der Waals surface area (Å²) in [5.41, 5.74) is 0. The van der Waals surface area contributed by atoms with Gasteiger partial charge in [0.2, 0.25) is 0 Å². The maximum atomic E-state index is 12.9. The average molecular weight is 350 g/mol. The number of nitrogens with one attached hydrogen (secondary N) is 1. The molecule has 3 heterocycles. The van der Waals surface area contributed by atoms with E-state index in [0.29, 0.717) is 18.6 Å². The number of likely N-dealkylation sites (tertiary alicyclic amines) is 1. The van der Waals surface area contributed by atoms with Crippen molar-refractivity contribution < 1.29 is 32.6 Å². The Morgan fingerprint density at radius 3 is 2.50 bits per heavy atom. The fraction of sp³-hybridized carbons (Fsp3) is 0.867. The first kappa shape index (κ1) is 17.3. The van der Waals surface area contributed by atoms with Gasteiger partial charge in [0.15, 0.2) is 0 Å². The molecule has 3 saturated heterocycles. The topological polar surface area (TPSA) is 78.9 Å². The predicted octanol–water partition coefficient (Wildman–Crippen LogP) is 1.85. The van der Waals surface area contributed by atoms with E-state index in [1.165, 1.54) is 0 Å². The summed E-state index contributed by atoms with van der Waals surface area (Å²) in [6.45, 7) is -0.660. The molecule has 0 spiro atoms. The van der Waals surface area contributed by atoms with E-state index in [-0.39, 0.29) is 6.10 Å². The second kappa shape index (κ2) is 6.42. The van der Waals surface area contributed by atoms with Crippen molar-refractivity contribution in [2.45, 2.75) is 44.1 Å². The van der Waals surface area contributed by atoms with Crippen LogP contribution in [0.1, 0.15) is 25.7 Å². The molecule has 0 aromatic carbocycles. The Hall–Kier alpha value is -1.51. The molecule has 3 rings (SSSR count). The number of hydrogen-bond acceptors (Lipinski definition) is 3. The van der Waals surface area contributed by atoms with E-state index in [2.05, 4.69) is 5.32 Å². The summed E-state index contributed by atoms with van der Waals surface area (Å²) in [5.74, 6) is -4.75. The number of nitrogens with zero attached hydrogens (tertiary/aromatic N) is 1. The molecule has 3 aliphatic rings. The molecule has 5 atom stereocenters.